The van der Waals surface area contributed by atoms with E-state index < -0.39 is 11.6 Å². The summed E-state index contributed by atoms with van der Waals surface area (Å²) >= 11 is 7.68. The van der Waals surface area contributed by atoms with Crippen molar-refractivity contribution in [2.45, 2.75) is 37.8 Å². The van der Waals surface area contributed by atoms with Gasteiger partial charge in [0.1, 0.15) is 23.8 Å². The third-order valence-electron chi connectivity index (χ3n) is 7.62. The van der Waals surface area contributed by atoms with Crippen molar-refractivity contribution in [3.05, 3.63) is 34.9 Å². The maximum absolute atomic E-state index is 16.4. The van der Waals surface area contributed by atoms with E-state index in [0.717, 1.165) is 43.6 Å². The Labute approximate surface area is 238 Å². The lowest BCUT2D eigenvalue weighted by molar-refractivity contribution is 0.188. The van der Waals surface area contributed by atoms with Gasteiger partial charge in [-0.25, -0.2) is 13.8 Å². The summed E-state index contributed by atoms with van der Waals surface area (Å²) in [4.78, 5) is 17.2. The predicted octanol–water partition coefficient (Wildman–Crippen LogP) is 5.25. The van der Waals surface area contributed by atoms with Crippen LogP contribution in [0.25, 0.3) is 32.2 Å². The van der Waals surface area contributed by atoms with Crippen molar-refractivity contribution in [3.8, 4) is 23.3 Å². The smallest absolute Gasteiger partial charge is 0.319 e. The second-order valence-electron chi connectivity index (χ2n) is 10.2. The normalized spacial score (nSPS) is 19.8. The van der Waals surface area contributed by atoms with Crippen LogP contribution < -0.4 is 15.8 Å². The average Bonchev–Trinajstić information content (AvgIpc) is 3.54. The van der Waals surface area contributed by atoms with E-state index in [0.29, 0.717) is 36.5 Å². The first-order chi connectivity index (χ1) is 19.3. The van der Waals surface area contributed by atoms with Gasteiger partial charge in [0, 0.05) is 41.7 Å². The largest absolute Gasteiger partial charge is 0.462 e. The number of nitrogens with zero attached hydrogens (tertiary/aromatic N) is 6. The fourth-order valence-electron chi connectivity index (χ4n) is 5.53. The molecule has 0 aliphatic carbocycles. The molecule has 40 heavy (non-hydrogen) atoms. The monoisotopic (exact) mass is 584 g/mol. The molecule has 0 bridgehead atoms. The molecule has 2 saturated heterocycles. The number of nitrogens with two attached hydrogens (primary N) is 1. The molecule has 2 aromatic carbocycles. The molecular formula is C27H27ClF2N8OS. The standard InChI is InChI=1S/C27H27ClF2N8OS/c1-37-8-3-5-15(37)12-39-27-35-22-17(25(36-27)33-14-4-2-9-38(11-14)13-31)10-18(28)20(21(22)30)16-6-7-19(29)24-23(16)34-26(32)40-24/h6-7,10,14-15H,2-5,8-9,11-12H2,1H3,(H2,32,34)(H,33,35,36)/t14?,15-/m0/s1. The molecular weight excluding hydrogens is 558 g/mol. The topological polar surface area (TPSA) is 116 Å². The molecule has 2 aromatic heterocycles. The Kier molecular flexibility index (Phi) is 7.20. The van der Waals surface area contributed by atoms with Crippen molar-refractivity contribution in [2.75, 3.05) is 44.3 Å². The highest BCUT2D eigenvalue weighted by Gasteiger charge is 2.27. The third-order valence-corrected chi connectivity index (χ3v) is 8.81. The SMILES string of the molecule is CN1CCC[C@H]1COc1nc(NC2CCCN(C#N)C2)c2cc(Cl)c(-c3ccc(F)c4sc(N)nc34)c(F)c2n1. The first-order valence-corrected chi connectivity index (χ1v) is 14.3. The second kappa shape index (κ2) is 10.8. The Hall–Kier alpha value is -3.53. The van der Waals surface area contributed by atoms with E-state index in [4.69, 9.17) is 22.1 Å². The number of benzene rings is 2. The van der Waals surface area contributed by atoms with Crippen molar-refractivity contribution < 1.29 is 13.5 Å². The zero-order chi connectivity index (χ0) is 28.0. The van der Waals surface area contributed by atoms with Gasteiger partial charge in [-0.05, 0) is 57.5 Å². The number of thiazole rings is 1. The van der Waals surface area contributed by atoms with Crippen molar-refractivity contribution in [3.63, 3.8) is 0 Å². The number of halogens is 3. The van der Waals surface area contributed by atoms with Crippen LogP contribution in [0.2, 0.25) is 5.02 Å². The van der Waals surface area contributed by atoms with Crippen LogP contribution in [0.3, 0.4) is 0 Å². The fraction of sp³-hybridized carbons (Fsp3) is 0.407. The Morgan fingerprint density at radius 2 is 2.02 bits per heavy atom. The van der Waals surface area contributed by atoms with Crippen LogP contribution in [0, 0.1) is 23.1 Å². The van der Waals surface area contributed by atoms with Gasteiger partial charge in [0.15, 0.2) is 17.1 Å². The molecule has 0 saturated carbocycles. The highest BCUT2D eigenvalue weighted by molar-refractivity contribution is 7.22. The van der Waals surface area contributed by atoms with Crippen LogP contribution in [-0.4, -0.2) is 70.1 Å². The fourth-order valence-corrected chi connectivity index (χ4v) is 6.59. The number of nitriles is 1. The lowest BCUT2D eigenvalue weighted by Gasteiger charge is -2.30. The van der Waals surface area contributed by atoms with Gasteiger partial charge in [0.2, 0.25) is 0 Å². The number of hydrogen-bond donors (Lipinski definition) is 2. The van der Waals surface area contributed by atoms with Crippen LogP contribution in [0.4, 0.5) is 19.7 Å². The van der Waals surface area contributed by atoms with Crippen molar-refractivity contribution >= 4 is 55.0 Å². The van der Waals surface area contributed by atoms with Gasteiger partial charge in [-0.15, -0.1) is 0 Å². The van der Waals surface area contributed by atoms with Crippen LogP contribution in [0.1, 0.15) is 25.7 Å². The van der Waals surface area contributed by atoms with E-state index in [1.54, 1.807) is 11.0 Å². The van der Waals surface area contributed by atoms with E-state index in [2.05, 4.69) is 31.4 Å². The molecule has 2 fully saturated rings. The van der Waals surface area contributed by atoms with Gasteiger partial charge in [-0.1, -0.05) is 22.9 Å². The number of likely N-dealkylation sites (N-methyl/N-ethyl adjacent to an activating group) is 1. The van der Waals surface area contributed by atoms with Gasteiger partial charge >= 0.3 is 6.01 Å². The van der Waals surface area contributed by atoms with E-state index in [1.165, 1.54) is 12.1 Å². The summed E-state index contributed by atoms with van der Waals surface area (Å²) in [5.41, 5.74) is 6.46. The number of rotatable bonds is 6. The molecule has 6 rings (SSSR count). The molecule has 2 aliphatic rings. The summed E-state index contributed by atoms with van der Waals surface area (Å²) < 4.78 is 37.2. The molecule has 4 aromatic rings. The Morgan fingerprint density at radius 3 is 2.80 bits per heavy atom. The molecule has 0 radical (unpaired) electrons. The van der Waals surface area contributed by atoms with Gasteiger partial charge in [-0.3, -0.25) is 0 Å². The van der Waals surface area contributed by atoms with Crippen molar-refractivity contribution in [1.82, 2.24) is 24.8 Å². The van der Waals surface area contributed by atoms with Crippen LogP contribution in [-0.2, 0) is 0 Å². The molecule has 3 N–H and O–H groups in total. The zero-order valence-electron chi connectivity index (χ0n) is 21.8. The molecule has 13 heteroatoms. The number of ether oxygens (including phenoxy) is 1. The van der Waals surface area contributed by atoms with Crippen LogP contribution in [0.15, 0.2) is 18.2 Å². The molecule has 2 aliphatic heterocycles. The summed E-state index contributed by atoms with van der Waals surface area (Å²) in [5, 5.41) is 13.4. The average molecular weight is 585 g/mol. The van der Waals surface area contributed by atoms with Crippen LogP contribution in [0.5, 0.6) is 6.01 Å². The number of anilines is 2. The predicted molar refractivity (Wildman–Crippen MR) is 152 cm³/mol. The molecule has 2 atom stereocenters. The maximum Gasteiger partial charge on any atom is 0.319 e. The molecule has 208 valence electrons. The number of nitrogens with one attached hydrogen (secondary N) is 1. The Balaban J connectivity index is 1.46. The summed E-state index contributed by atoms with van der Waals surface area (Å²) in [6, 6.07) is 4.46. The molecule has 9 nitrogen and oxygen atoms in total. The summed E-state index contributed by atoms with van der Waals surface area (Å²) in [6.07, 6.45) is 5.93. The number of fused-ring (bicyclic) bond motifs is 2. The summed E-state index contributed by atoms with van der Waals surface area (Å²) in [6.45, 7) is 2.55. The van der Waals surface area contributed by atoms with Crippen LogP contribution >= 0.6 is 22.9 Å². The van der Waals surface area contributed by atoms with Crippen molar-refractivity contribution in [1.29, 1.82) is 5.26 Å². The molecule has 0 amide bonds. The molecule has 4 heterocycles. The summed E-state index contributed by atoms with van der Waals surface area (Å²) in [5.74, 6) is -0.817. The highest BCUT2D eigenvalue weighted by Crippen LogP contribution is 2.42. The lowest BCUT2D eigenvalue weighted by atomic mass is 10.0. The van der Waals surface area contributed by atoms with E-state index in [9.17, 15) is 9.65 Å². The quantitative estimate of drug-likeness (QED) is 0.293. The molecule has 1 unspecified atom stereocenters. The number of aromatic nitrogens is 3. The van der Waals surface area contributed by atoms with E-state index >= 15 is 4.39 Å². The minimum absolute atomic E-state index is 0.0142. The zero-order valence-corrected chi connectivity index (χ0v) is 23.3. The van der Waals surface area contributed by atoms with E-state index in [1.807, 2.05) is 7.05 Å². The third kappa shape index (κ3) is 4.93. The number of nitrogen functional groups attached to an aromatic ring is 1. The minimum atomic E-state index is -0.697. The highest BCUT2D eigenvalue weighted by atomic mass is 35.5. The number of likely N-dealkylation sites (tertiary alicyclic amines) is 2. The minimum Gasteiger partial charge on any atom is -0.462 e. The second-order valence-corrected chi connectivity index (χ2v) is 11.7. The van der Waals surface area contributed by atoms with Gasteiger partial charge < -0.3 is 25.6 Å². The van der Waals surface area contributed by atoms with Gasteiger partial charge in [0.25, 0.3) is 0 Å². The number of piperidine rings is 1. The Bertz CT molecular complexity index is 1640. The van der Waals surface area contributed by atoms with Gasteiger partial charge in [0.05, 0.1) is 15.2 Å². The molecule has 0 spiro atoms. The summed E-state index contributed by atoms with van der Waals surface area (Å²) in [7, 11) is 2.04. The van der Waals surface area contributed by atoms with Gasteiger partial charge in [-0.2, -0.15) is 15.2 Å². The first kappa shape index (κ1) is 26.7. The lowest BCUT2D eigenvalue weighted by Crippen LogP contribution is -2.39. The Morgan fingerprint density at radius 1 is 1.20 bits per heavy atom. The van der Waals surface area contributed by atoms with E-state index in [-0.39, 0.29) is 49.5 Å². The van der Waals surface area contributed by atoms with Crippen molar-refractivity contribution in [2.24, 2.45) is 0 Å². The number of hydrogen-bond acceptors (Lipinski definition) is 10. The maximum atomic E-state index is 16.4. The first-order valence-electron chi connectivity index (χ1n) is 13.1.